The van der Waals surface area contributed by atoms with Crippen molar-refractivity contribution in [1.29, 1.82) is 0 Å². The summed E-state index contributed by atoms with van der Waals surface area (Å²) >= 11 is 2.67. The third-order valence-electron chi connectivity index (χ3n) is 3.25. The zero-order valence-electron chi connectivity index (χ0n) is 13.5. The number of methoxy groups -OCH3 is 1. The number of aromatic nitrogens is 3. The van der Waals surface area contributed by atoms with Gasteiger partial charge in [0.25, 0.3) is 5.22 Å². The Morgan fingerprint density at radius 1 is 1.40 bits per heavy atom. The van der Waals surface area contributed by atoms with Gasteiger partial charge < -0.3 is 9.15 Å². The van der Waals surface area contributed by atoms with E-state index < -0.39 is 5.82 Å². The highest BCUT2D eigenvalue weighted by Gasteiger charge is 2.14. The first-order chi connectivity index (χ1) is 12.0. The van der Waals surface area contributed by atoms with Gasteiger partial charge in [-0.2, -0.15) is 0 Å². The quantitative estimate of drug-likeness (QED) is 0.459. The van der Waals surface area contributed by atoms with Crippen molar-refractivity contribution in [3.63, 3.8) is 0 Å². The second kappa shape index (κ2) is 7.75. The molecule has 0 radical (unpaired) electrons. The third-order valence-corrected chi connectivity index (χ3v) is 4.89. The zero-order valence-corrected chi connectivity index (χ0v) is 15.1. The Morgan fingerprint density at radius 2 is 2.24 bits per heavy atom. The van der Waals surface area contributed by atoms with Crippen molar-refractivity contribution in [2.45, 2.75) is 18.6 Å². The number of benzene rings is 1. The van der Waals surface area contributed by atoms with Crippen molar-refractivity contribution in [2.75, 3.05) is 12.9 Å². The molecule has 0 unspecified atom stereocenters. The number of rotatable bonds is 7. The Labute approximate surface area is 151 Å². The Morgan fingerprint density at radius 3 is 2.92 bits per heavy atom. The molecule has 3 rings (SSSR count). The summed E-state index contributed by atoms with van der Waals surface area (Å²) in [5, 5.41) is 11.1. The SMILES string of the molecule is COc1ccc(C(=O)CSc2nnc(Cc3csc(C)n3)o2)cc1F. The summed E-state index contributed by atoms with van der Waals surface area (Å²) in [5.41, 5.74) is 1.14. The van der Waals surface area contributed by atoms with Crippen LogP contribution in [0.1, 0.15) is 27.0 Å². The fraction of sp³-hybridized carbons (Fsp3) is 0.250. The average Bonchev–Trinajstić information content (AvgIpc) is 3.21. The smallest absolute Gasteiger partial charge is 0.277 e. The van der Waals surface area contributed by atoms with Crippen LogP contribution in [0.3, 0.4) is 0 Å². The topological polar surface area (TPSA) is 78.1 Å². The number of hydrogen-bond acceptors (Lipinski definition) is 8. The normalized spacial score (nSPS) is 10.8. The molecule has 0 aliphatic carbocycles. The van der Waals surface area contributed by atoms with Crippen LogP contribution in [0.4, 0.5) is 4.39 Å². The van der Waals surface area contributed by atoms with Crippen LogP contribution in [0.25, 0.3) is 0 Å². The van der Waals surface area contributed by atoms with E-state index in [1.165, 1.54) is 19.2 Å². The molecule has 0 spiro atoms. The van der Waals surface area contributed by atoms with Gasteiger partial charge in [0.2, 0.25) is 5.89 Å². The predicted octanol–water partition coefficient (Wildman–Crippen LogP) is 3.55. The minimum Gasteiger partial charge on any atom is -0.494 e. The second-order valence-electron chi connectivity index (χ2n) is 5.06. The number of thiazole rings is 1. The summed E-state index contributed by atoms with van der Waals surface area (Å²) in [5.74, 6) is -0.194. The predicted molar refractivity (Wildman–Crippen MR) is 92.0 cm³/mol. The molecule has 0 fully saturated rings. The van der Waals surface area contributed by atoms with Gasteiger partial charge in [-0.05, 0) is 25.1 Å². The average molecular weight is 379 g/mol. The summed E-state index contributed by atoms with van der Waals surface area (Å²) < 4.78 is 24.0. The van der Waals surface area contributed by atoms with Gasteiger partial charge in [0.1, 0.15) is 0 Å². The minimum absolute atomic E-state index is 0.0726. The van der Waals surface area contributed by atoms with E-state index in [1.807, 2.05) is 12.3 Å². The molecule has 0 saturated carbocycles. The largest absolute Gasteiger partial charge is 0.494 e. The van der Waals surface area contributed by atoms with Gasteiger partial charge in [0, 0.05) is 10.9 Å². The molecule has 6 nitrogen and oxygen atoms in total. The van der Waals surface area contributed by atoms with Crippen LogP contribution in [0.2, 0.25) is 0 Å². The number of Topliss-reactive ketones (excluding diaryl/α,β-unsaturated/α-hetero) is 1. The molecule has 0 atom stereocenters. The Kier molecular flexibility index (Phi) is 5.44. The molecule has 3 aromatic rings. The molecular formula is C16H14FN3O3S2. The molecular weight excluding hydrogens is 365 g/mol. The minimum atomic E-state index is -0.572. The molecule has 0 bridgehead atoms. The number of nitrogens with zero attached hydrogens (tertiary/aromatic N) is 3. The Bertz CT molecular complexity index is 894. The van der Waals surface area contributed by atoms with Crippen LogP contribution in [-0.4, -0.2) is 33.8 Å². The second-order valence-corrected chi connectivity index (χ2v) is 7.05. The lowest BCUT2D eigenvalue weighted by atomic mass is 10.1. The monoisotopic (exact) mass is 379 g/mol. The number of ketones is 1. The molecule has 2 aromatic heterocycles. The Balaban J connectivity index is 1.58. The number of carbonyl (C=O) groups is 1. The highest BCUT2D eigenvalue weighted by atomic mass is 32.2. The number of aryl methyl sites for hydroxylation is 1. The van der Waals surface area contributed by atoms with Crippen LogP contribution in [0, 0.1) is 12.7 Å². The van der Waals surface area contributed by atoms with E-state index in [1.54, 1.807) is 11.3 Å². The van der Waals surface area contributed by atoms with Crippen molar-refractivity contribution in [2.24, 2.45) is 0 Å². The maximum absolute atomic E-state index is 13.7. The van der Waals surface area contributed by atoms with E-state index in [0.29, 0.717) is 17.5 Å². The summed E-state index contributed by atoms with van der Waals surface area (Å²) in [6.45, 7) is 1.93. The van der Waals surface area contributed by atoms with Gasteiger partial charge in [-0.3, -0.25) is 4.79 Å². The van der Waals surface area contributed by atoms with Crippen molar-refractivity contribution in [3.8, 4) is 5.75 Å². The number of ether oxygens (including phenoxy) is 1. The van der Waals surface area contributed by atoms with Crippen LogP contribution >= 0.6 is 23.1 Å². The van der Waals surface area contributed by atoms with Crippen molar-refractivity contribution in [3.05, 3.63) is 51.6 Å². The lowest BCUT2D eigenvalue weighted by Gasteiger charge is -2.03. The highest BCUT2D eigenvalue weighted by molar-refractivity contribution is 7.99. The van der Waals surface area contributed by atoms with Gasteiger partial charge >= 0.3 is 0 Å². The number of carbonyl (C=O) groups excluding carboxylic acids is 1. The van der Waals surface area contributed by atoms with Gasteiger partial charge in [0.15, 0.2) is 17.3 Å². The fourth-order valence-electron chi connectivity index (χ4n) is 2.06. The lowest BCUT2D eigenvalue weighted by Crippen LogP contribution is -2.03. The van der Waals surface area contributed by atoms with E-state index in [2.05, 4.69) is 15.2 Å². The number of hydrogen-bond donors (Lipinski definition) is 0. The maximum atomic E-state index is 13.7. The van der Waals surface area contributed by atoms with Crippen molar-refractivity contribution < 1.29 is 18.3 Å². The standard InChI is InChI=1S/C16H14FN3O3S2/c1-9-18-11(7-24-9)6-15-19-20-16(23-15)25-8-13(21)10-3-4-14(22-2)12(17)5-10/h3-5,7H,6,8H2,1-2H3. The molecule has 0 saturated heterocycles. The first-order valence-electron chi connectivity index (χ1n) is 7.28. The van der Waals surface area contributed by atoms with E-state index >= 15 is 0 Å². The molecule has 0 N–H and O–H groups in total. The van der Waals surface area contributed by atoms with Gasteiger partial charge in [-0.25, -0.2) is 9.37 Å². The molecule has 1 aromatic carbocycles. The number of thioether (sulfide) groups is 1. The maximum Gasteiger partial charge on any atom is 0.277 e. The summed E-state index contributed by atoms with van der Waals surface area (Å²) in [7, 11) is 1.37. The van der Waals surface area contributed by atoms with Crippen molar-refractivity contribution >= 4 is 28.9 Å². The third kappa shape index (κ3) is 4.43. The fourth-order valence-corrected chi connectivity index (χ4v) is 3.35. The van der Waals surface area contributed by atoms with Crippen LogP contribution in [0.5, 0.6) is 5.75 Å². The lowest BCUT2D eigenvalue weighted by molar-refractivity contribution is 0.102. The van der Waals surface area contributed by atoms with Crippen LogP contribution in [0.15, 0.2) is 33.2 Å². The molecule has 0 amide bonds. The van der Waals surface area contributed by atoms with Crippen LogP contribution in [-0.2, 0) is 6.42 Å². The molecule has 2 heterocycles. The highest BCUT2D eigenvalue weighted by Crippen LogP contribution is 2.22. The summed E-state index contributed by atoms with van der Waals surface area (Å²) in [6.07, 6.45) is 0.454. The summed E-state index contributed by atoms with van der Waals surface area (Å²) in [4.78, 5) is 16.5. The molecule has 25 heavy (non-hydrogen) atoms. The Hall–Kier alpha value is -2.26. The summed E-state index contributed by atoms with van der Waals surface area (Å²) in [6, 6.07) is 4.11. The van der Waals surface area contributed by atoms with Crippen molar-refractivity contribution in [1.82, 2.24) is 15.2 Å². The van der Waals surface area contributed by atoms with E-state index in [4.69, 9.17) is 9.15 Å². The molecule has 9 heteroatoms. The van der Waals surface area contributed by atoms with Crippen LogP contribution < -0.4 is 4.74 Å². The molecule has 130 valence electrons. The first kappa shape index (κ1) is 17.6. The molecule has 0 aliphatic rings. The van der Waals surface area contributed by atoms with Gasteiger partial charge in [-0.15, -0.1) is 21.5 Å². The first-order valence-corrected chi connectivity index (χ1v) is 9.14. The zero-order chi connectivity index (χ0) is 17.8. The van der Waals surface area contributed by atoms with E-state index in [-0.39, 0.29) is 22.8 Å². The van der Waals surface area contributed by atoms with Gasteiger partial charge in [-0.1, -0.05) is 11.8 Å². The number of halogens is 1. The van der Waals surface area contributed by atoms with E-state index in [0.717, 1.165) is 28.5 Å². The van der Waals surface area contributed by atoms with E-state index in [9.17, 15) is 9.18 Å². The van der Waals surface area contributed by atoms with Gasteiger partial charge in [0.05, 0.1) is 30.0 Å². The molecule has 0 aliphatic heterocycles.